The lowest BCUT2D eigenvalue weighted by Gasteiger charge is -2.29. The molecule has 17 aromatic rings. The van der Waals surface area contributed by atoms with Gasteiger partial charge >= 0.3 is 0 Å². The molecule has 8 nitrogen and oxygen atoms in total. The summed E-state index contributed by atoms with van der Waals surface area (Å²) < 4.78 is 15.4. The van der Waals surface area contributed by atoms with Crippen LogP contribution in [0.4, 0.5) is 72.9 Å². The van der Waals surface area contributed by atoms with E-state index in [1.807, 2.05) is 126 Å². The van der Waals surface area contributed by atoms with E-state index < -0.39 is 5.82 Å². The Kier molecular flexibility index (Phi) is 14.0. The largest absolute Gasteiger partial charge is 0.310 e. The molecule has 0 saturated heterocycles. The van der Waals surface area contributed by atoms with Gasteiger partial charge in [0.25, 0.3) is 0 Å². The van der Waals surface area contributed by atoms with E-state index in [1.54, 1.807) is 12.3 Å². The Morgan fingerprint density at radius 2 is 0.624 bits per heavy atom. The SMILES string of the molecule is N#Cc1ccc(N(c2ccccc2)c2ccc3ccc4c(N(c5ccc6ccccc6c5)c5ccccn5)ccc5ccc2c3c54)cc1.N#Cc1ccc(N(c2ccccc2)c2ccc3ccc4c(N(c5ccccc5)c5ncccc5F)ccc5ccc2c3c54)cc1. The number of para-hydroxylation sites is 3. The lowest BCUT2D eigenvalue weighted by atomic mass is 9.91. The van der Waals surface area contributed by atoms with Crippen LogP contribution in [0.1, 0.15) is 11.1 Å². The second-order valence-corrected chi connectivity index (χ2v) is 22.9. The van der Waals surface area contributed by atoms with Gasteiger partial charge < -0.3 is 9.80 Å². The molecule has 0 atom stereocenters. The standard InChI is InChI=1S/C44H28N4.C40H25FN4/c45-29-30-13-20-36(21-14-30)47(35-10-2-1-3-11-35)40-25-18-32-17-24-39-41(26-19-33-16-23-38(40)43(32)44(33)39)48(42-12-6-7-27-46-42)37-22-15-31-8-4-5-9-34(31)28-37;41-35-12-7-25-43-40(35)45(31-10-5-2-6-11-31)37-24-18-29-15-21-33-36(23-17-28-16-22-34(37)39(29)38(28)33)44(30-8-3-1-4-9-30)32-19-13-27(26-42)14-20-32/h1-28H;1-25H. The number of pyridine rings is 2. The Morgan fingerprint density at radius 1 is 0.269 bits per heavy atom. The molecule has 0 aliphatic rings. The van der Waals surface area contributed by atoms with E-state index in [4.69, 9.17) is 4.98 Å². The van der Waals surface area contributed by atoms with Crippen LogP contribution in [0, 0.1) is 28.5 Å². The Hall–Kier alpha value is -13.0. The van der Waals surface area contributed by atoms with Gasteiger partial charge in [0.1, 0.15) is 5.82 Å². The number of halogens is 1. The molecular formula is C84H53FN8. The maximum atomic E-state index is 15.4. The van der Waals surface area contributed by atoms with Gasteiger partial charge in [0.05, 0.1) is 46.0 Å². The predicted molar refractivity (Wildman–Crippen MR) is 382 cm³/mol. The summed E-state index contributed by atoms with van der Waals surface area (Å²) in [5.74, 6) is 0.713. The highest BCUT2D eigenvalue weighted by Crippen LogP contribution is 2.50. The monoisotopic (exact) mass is 1190 g/mol. The van der Waals surface area contributed by atoms with Gasteiger partial charge in [-0.2, -0.15) is 10.5 Å². The highest BCUT2D eigenvalue weighted by Gasteiger charge is 2.26. The topological polar surface area (TPSA) is 86.3 Å². The summed E-state index contributed by atoms with van der Waals surface area (Å²) in [4.78, 5) is 18.0. The van der Waals surface area contributed by atoms with Crippen LogP contribution in [0.5, 0.6) is 0 Å². The molecule has 0 aliphatic heterocycles. The van der Waals surface area contributed by atoms with Crippen molar-refractivity contribution in [2.75, 3.05) is 19.6 Å². The molecule has 0 N–H and O–H groups in total. The van der Waals surface area contributed by atoms with Crippen molar-refractivity contribution in [1.82, 2.24) is 9.97 Å². The Bertz CT molecular complexity index is 5680. The molecule has 0 fully saturated rings. The smallest absolute Gasteiger partial charge is 0.174 e. The first kappa shape index (κ1) is 55.4. The van der Waals surface area contributed by atoms with Crippen molar-refractivity contribution in [1.29, 1.82) is 10.5 Å². The van der Waals surface area contributed by atoms with Crippen molar-refractivity contribution >= 4 is 144 Å². The van der Waals surface area contributed by atoms with E-state index in [1.165, 1.54) is 38.4 Å². The fourth-order valence-electron chi connectivity index (χ4n) is 13.4. The van der Waals surface area contributed by atoms with E-state index in [2.05, 4.69) is 214 Å². The number of benzene rings is 15. The molecule has 0 amide bonds. The second-order valence-electron chi connectivity index (χ2n) is 22.9. The Labute approximate surface area is 536 Å². The van der Waals surface area contributed by atoms with Crippen LogP contribution in [-0.2, 0) is 0 Å². The molecule has 0 bridgehead atoms. The van der Waals surface area contributed by atoms with Crippen LogP contribution < -0.4 is 19.6 Å². The molecular weight excluding hydrogens is 1140 g/mol. The quantitative estimate of drug-likeness (QED) is 0.112. The highest BCUT2D eigenvalue weighted by atomic mass is 19.1. The first-order valence-electron chi connectivity index (χ1n) is 30.8. The van der Waals surface area contributed by atoms with E-state index >= 15 is 4.39 Å². The summed E-state index contributed by atoms with van der Waals surface area (Å²) >= 11 is 0. The molecule has 0 unspecified atom stereocenters. The number of rotatable bonds is 12. The summed E-state index contributed by atoms with van der Waals surface area (Å²) in [6.45, 7) is 0. The molecule has 0 spiro atoms. The van der Waals surface area contributed by atoms with Crippen LogP contribution in [-0.4, -0.2) is 9.97 Å². The number of hydrogen-bond donors (Lipinski definition) is 0. The van der Waals surface area contributed by atoms with Gasteiger partial charge in [0, 0.05) is 68.1 Å². The summed E-state index contributed by atoms with van der Waals surface area (Å²) in [5, 5.41) is 35.0. The number of nitrogens with zero attached hydrogens (tertiary/aromatic N) is 8. The van der Waals surface area contributed by atoms with E-state index in [-0.39, 0.29) is 5.82 Å². The zero-order chi connectivity index (χ0) is 62.4. The number of anilines is 12. The minimum Gasteiger partial charge on any atom is -0.310 e. The zero-order valence-electron chi connectivity index (χ0n) is 50.1. The summed E-state index contributed by atoms with van der Waals surface area (Å²) in [7, 11) is 0. The molecule has 2 heterocycles. The number of nitriles is 2. The molecule has 436 valence electrons. The molecule has 9 heteroatoms. The van der Waals surface area contributed by atoms with Crippen LogP contribution in [0.15, 0.2) is 322 Å². The average molecular weight is 1190 g/mol. The molecule has 17 rings (SSSR count). The van der Waals surface area contributed by atoms with E-state index in [0.29, 0.717) is 11.1 Å². The van der Waals surface area contributed by atoms with Crippen LogP contribution in [0.25, 0.3) is 75.4 Å². The van der Waals surface area contributed by atoms with Gasteiger partial charge in [0.15, 0.2) is 11.6 Å². The maximum absolute atomic E-state index is 15.4. The second kappa shape index (κ2) is 23.5. The first-order valence-corrected chi connectivity index (χ1v) is 30.8. The first-order chi connectivity index (χ1) is 46.0. The molecule has 2 aromatic heterocycles. The van der Waals surface area contributed by atoms with Crippen LogP contribution in [0.3, 0.4) is 0 Å². The third kappa shape index (κ3) is 9.87. The fraction of sp³-hybridized carbons (Fsp3) is 0. The van der Waals surface area contributed by atoms with Crippen molar-refractivity contribution < 1.29 is 4.39 Å². The molecule has 0 radical (unpaired) electrons. The Morgan fingerprint density at radius 3 is 1.05 bits per heavy atom. The zero-order valence-corrected chi connectivity index (χ0v) is 50.1. The predicted octanol–water partition coefficient (Wildman–Crippen LogP) is 22.9. The van der Waals surface area contributed by atoms with Gasteiger partial charge in [-0.1, -0.05) is 164 Å². The number of fused-ring (bicyclic) bond motifs is 1. The number of hydrogen-bond acceptors (Lipinski definition) is 8. The fourth-order valence-corrected chi connectivity index (χ4v) is 13.4. The third-order valence-electron chi connectivity index (χ3n) is 17.6. The summed E-state index contributed by atoms with van der Waals surface area (Å²) in [6, 6.07) is 110. The van der Waals surface area contributed by atoms with E-state index in [0.717, 1.165) is 106 Å². The van der Waals surface area contributed by atoms with Crippen molar-refractivity contribution in [3.8, 4) is 12.1 Å². The lowest BCUT2D eigenvalue weighted by molar-refractivity contribution is 0.623. The van der Waals surface area contributed by atoms with E-state index in [9.17, 15) is 10.5 Å². The summed E-state index contributed by atoms with van der Waals surface area (Å²) in [5.41, 5.74) is 11.2. The van der Waals surface area contributed by atoms with Crippen molar-refractivity contribution in [3.63, 3.8) is 0 Å². The molecule has 0 aliphatic carbocycles. The molecule has 0 saturated carbocycles. The van der Waals surface area contributed by atoms with Crippen molar-refractivity contribution in [2.24, 2.45) is 0 Å². The normalized spacial score (nSPS) is 11.3. The van der Waals surface area contributed by atoms with Gasteiger partial charge in [0.2, 0.25) is 0 Å². The van der Waals surface area contributed by atoms with Crippen LogP contribution >= 0.6 is 0 Å². The average Bonchev–Trinajstić information content (AvgIpc) is 0.739. The molecule has 93 heavy (non-hydrogen) atoms. The van der Waals surface area contributed by atoms with Gasteiger partial charge in [-0.05, 0) is 199 Å². The number of aromatic nitrogens is 2. The lowest BCUT2D eigenvalue weighted by Crippen LogP contribution is -2.14. The minimum absolute atomic E-state index is 0.246. The third-order valence-corrected chi connectivity index (χ3v) is 17.6. The van der Waals surface area contributed by atoms with Gasteiger partial charge in [-0.25, -0.2) is 14.4 Å². The van der Waals surface area contributed by atoms with Gasteiger partial charge in [-0.3, -0.25) is 9.80 Å². The minimum atomic E-state index is -0.393. The highest BCUT2D eigenvalue weighted by molar-refractivity contribution is 6.29. The van der Waals surface area contributed by atoms with Crippen LogP contribution in [0.2, 0.25) is 0 Å². The van der Waals surface area contributed by atoms with Crippen molar-refractivity contribution in [3.05, 3.63) is 339 Å². The Balaban J connectivity index is 0.000000148. The van der Waals surface area contributed by atoms with Crippen molar-refractivity contribution in [2.45, 2.75) is 0 Å². The maximum Gasteiger partial charge on any atom is 0.174 e. The van der Waals surface area contributed by atoms with Gasteiger partial charge in [-0.15, -0.1) is 0 Å². The summed E-state index contributed by atoms with van der Waals surface area (Å²) in [6.07, 6.45) is 3.48. The molecule has 15 aromatic carbocycles.